The molecule has 154 valence electrons. The van der Waals surface area contributed by atoms with Crippen molar-refractivity contribution < 1.29 is 23.8 Å². The number of benzene rings is 2. The Labute approximate surface area is 170 Å². The highest BCUT2D eigenvalue weighted by atomic mass is 16.7. The molecule has 1 aliphatic heterocycles. The van der Waals surface area contributed by atoms with Gasteiger partial charge in [-0.3, -0.25) is 9.59 Å². The quantitative estimate of drug-likeness (QED) is 0.635. The van der Waals surface area contributed by atoms with E-state index in [0.29, 0.717) is 49.6 Å². The van der Waals surface area contributed by atoms with Crippen molar-refractivity contribution in [2.24, 2.45) is 0 Å². The predicted molar refractivity (Wildman–Crippen MR) is 109 cm³/mol. The minimum absolute atomic E-state index is 0.0626. The molecule has 0 aliphatic carbocycles. The van der Waals surface area contributed by atoms with Gasteiger partial charge in [0.1, 0.15) is 5.75 Å². The summed E-state index contributed by atoms with van der Waals surface area (Å²) in [6, 6.07) is 11.0. The molecule has 0 saturated carbocycles. The first kappa shape index (κ1) is 20.5. The first-order chi connectivity index (χ1) is 14.0. The number of amides is 2. The van der Waals surface area contributed by atoms with Crippen molar-refractivity contribution in [1.29, 1.82) is 0 Å². The van der Waals surface area contributed by atoms with E-state index in [9.17, 15) is 9.59 Å². The fraction of sp³-hybridized carbons (Fsp3) is 0.364. The number of hydrogen-bond donors (Lipinski definition) is 2. The Hall–Kier alpha value is -3.22. The average Bonchev–Trinajstić information content (AvgIpc) is 3.18. The van der Waals surface area contributed by atoms with Crippen LogP contribution in [-0.2, 0) is 4.79 Å². The Morgan fingerprint density at radius 1 is 1.00 bits per heavy atom. The minimum Gasteiger partial charge on any atom is -0.493 e. The second kappa shape index (κ2) is 9.82. The van der Waals surface area contributed by atoms with Crippen molar-refractivity contribution in [1.82, 2.24) is 10.6 Å². The summed E-state index contributed by atoms with van der Waals surface area (Å²) in [6.45, 7) is 5.38. The summed E-state index contributed by atoms with van der Waals surface area (Å²) < 4.78 is 16.3. The van der Waals surface area contributed by atoms with E-state index in [1.165, 1.54) is 0 Å². The van der Waals surface area contributed by atoms with Crippen LogP contribution in [0.2, 0.25) is 0 Å². The normalized spacial score (nSPS) is 11.8. The van der Waals surface area contributed by atoms with Crippen LogP contribution in [0.4, 0.5) is 0 Å². The van der Waals surface area contributed by atoms with Crippen molar-refractivity contribution in [2.75, 3.05) is 26.5 Å². The predicted octanol–water partition coefficient (Wildman–Crippen LogP) is 2.74. The van der Waals surface area contributed by atoms with Gasteiger partial charge >= 0.3 is 0 Å². The molecule has 0 fully saturated rings. The third-order valence-electron chi connectivity index (χ3n) is 4.57. The molecule has 1 aliphatic rings. The van der Waals surface area contributed by atoms with Crippen LogP contribution >= 0.6 is 0 Å². The van der Waals surface area contributed by atoms with Gasteiger partial charge < -0.3 is 24.8 Å². The van der Waals surface area contributed by atoms with Crippen LogP contribution in [0.25, 0.3) is 0 Å². The lowest BCUT2D eigenvalue weighted by molar-refractivity contribution is -0.121. The smallest absolute Gasteiger partial charge is 0.251 e. The van der Waals surface area contributed by atoms with Crippen LogP contribution in [-0.4, -0.2) is 38.3 Å². The lowest BCUT2D eigenvalue weighted by Crippen LogP contribution is -2.34. The van der Waals surface area contributed by atoms with Crippen molar-refractivity contribution in [2.45, 2.75) is 26.7 Å². The van der Waals surface area contributed by atoms with Gasteiger partial charge in [-0.1, -0.05) is 18.2 Å². The molecule has 0 saturated heterocycles. The number of para-hydroxylation sites is 1. The Balaban J connectivity index is 1.29. The molecule has 2 aromatic rings. The van der Waals surface area contributed by atoms with E-state index in [4.69, 9.17) is 14.2 Å². The number of ether oxygens (including phenoxy) is 3. The maximum atomic E-state index is 12.2. The maximum Gasteiger partial charge on any atom is 0.251 e. The molecule has 7 nitrogen and oxygen atoms in total. The topological polar surface area (TPSA) is 85.9 Å². The van der Waals surface area contributed by atoms with Crippen LogP contribution in [0.5, 0.6) is 17.2 Å². The van der Waals surface area contributed by atoms with Gasteiger partial charge in [-0.25, -0.2) is 0 Å². The first-order valence-electron chi connectivity index (χ1n) is 9.68. The highest BCUT2D eigenvalue weighted by molar-refractivity contribution is 5.95. The SMILES string of the molecule is Cc1cccc(C)c1OCCCC(=O)NCCNC(=O)c1ccc2c(c1)OCO2. The zero-order valence-electron chi connectivity index (χ0n) is 16.7. The van der Waals surface area contributed by atoms with Gasteiger partial charge in [0, 0.05) is 25.1 Å². The van der Waals surface area contributed by atoms with Crippen LogP contribution in [0.1, 0.15) is 34.3 Å². The van der Waals surface area contributed by atoms with Gasteiger partial charge in [0.2, 0.25) is 12.7 Å². The van der Waals surface area contributed by atoms with Gasteiger partial charge in [-0.05, 0) is 49.6 Å². The summed E-state index contributed by atoms with van der Waals surface area (Å²) in [4.78, 5) is 24.1. The summed E-state index contributed by atoms with van der Waals surface area (Å²) in [5.41, 5.74) is 2.67. The standard InChI is InChI=1S/C22H26N2O5/c1-15-5-3-6-16(2)21(15)27-12-4-7-20(25)23-10-11-24-22(26)17-8-9-18-19(13-17)29-14-28-18/h3,5-6,8-9,13H,4,7,10-12,14H2,1-2H3,(H,23,25)(H,24,26). The molecule has 0 aromatic heterocycles. The molecule has 0 unspecified atom stereocenters. The van der Waals surface area contributed by atoms with Crippen LogP contribution in [0.15, 0.2) is 36.4 Å². The summed E-state index contributed by atoms with van der Waals surface area (Å²) >= 11 is 0. The van der Waals surface area contributed by atoms with Crippen molar-refractivity contribution in [3.05, 3.63) is 53.1 Å². The molecular formula is C22H26N2O5. The first-order valence-corrected chi connectivity index (χ1v) is 9.68. The van der Waals surface area contributed by atoms with Gasteiger partial charge in [0.05, 0.1) is 6.61 Å². The van der Waals surface area contributed by atoms with Crippen molar-refractivity contribution in [3.8, 4) is 17.2 Å². The molecule has 3 rings (SSSR count). The lowest BCUT2D eigenvalue weighted by Gasteiger charge is -2.12. The third kappa shape index (κ3) is 5.63. The fourth-order valence-electron chi connectivity index (χ4n) is 3.04. The molecule has 0 spiro atoms. The van der Waals surface area contributed by atoms with Gasteiger partial charge in [0.15, 0.2) is 11.5 Å². The van der Waals surface area contributed by atoms with Gasteiger partial charge in [-0.2, -0.15) is 0 Å². The summed E-state index contributed by atoms with van der Waals surface area (Å²) in [7, 11) is 0. The molecule has 2 N–H and O–H groups in total. The molecule has 29 heavy (non-hydrogen) atoms. The molecule has 0 radical (unpaired) electrons. The number of hydrogen-bond acceptors (Lipinski definition) is 5. The van der Waals surface area contributed by atoms with Crippen LogP contribution in [0.3, 0.4) is 0 Å². The van der Waals surface area contributed by atoms with E-state index in [1.54, 1.807) is 18.2 Å². The largest absolute Gasteiger partial charge is 0.493 e. The summed E-state index contributed by atoms with van der Waals surface area (Å²) in [5.74, 6) is 1.80. The number of fused-ring (bicyclic) bond motifs is 1. The van der Waals surface area contributed by atoms with E-state index in [2.05, 4.69) is 10.6 Å². The number of rotatable bonds is 9. The molecule has 1 heterocycles. The number of nitrogens with one attached hydrogen (secondary N) is 2. The number of carbonyl (C=O) groups is 2. The molecule has 2 amide bonds. The van der Waals surface area contributed by atoms with E-state index >= 15 is 0 Å². The molecule has 2 aromatic carbocycles. The highest BCUT2D eigenvalue weighted by Crippen LogP contribution is 2.32. The number of aryl methyl sites for hydroxylation is 2. The Morgan fingerprint density at radius 2 is 1.72 bits per heavy atom. The van der Waals surface area contributed by atoms with Crippen molar-refractivity contribution >= 4 is 11.8 Å². The Bertz CT molecular complexity index is 861. The van der Waals surface area contributed by atoms with E-state index < -0.39 is 0 Å². The highest BCUT2D eigenvalue weighted by Gasteiger charge is 2.16. The van der Waals surface area contributed by atoms with Crippen LogP contribution in [0, 0.1) is 13.8 Å². The van der Waals surface area contributed by atoms with E-state index in [1.807, 2.05) is 32.0 Å². The fourth-order valence-corrected chi connectivity index (χ4v) is 3.04. The molecule has 7 heteroatoms. The average molecular weight is 398 g/mol. The lowest BCUT2D eigenvalue weighted by atomic mass is 10.1. The molecule has 0 atom stereocenters. The van der Waals surface area contributed by atoms with E-state index in [0.717, 1.165) is 16.9 Å². The monoisotopic (exact) mass is 398 g/mol. The van der Waals surface area contributed by atoms with Gasteiger partial charge in [0.25, 0.3) is 5.91 Å². The summed E-state index contributed by atoms with van der Waals surface area (Å²) in [5, 5.41) is 5.57. The molecule has 0 bridgehead atoms. The third-order valence-corrected chi connectivity index (χ3v) is 4.57. The molecular weight excluding hydrogens is 372 g/mol. The zero-order valence-corrected chi connectivity index (χ0v) is 16.7. The zero-order chi connectivity index (χ0) is 20.6. The summed E-state index contributed by atoms with van der Waals surface area (Å²) in [6.07, 6.45) is 1.00. The minimum atomic E-state index is -0.223. The second-order valence-electron chi connectivity index (χ2n) is 6.85. The van der Waals surface area contributed by atoms with Crippen LogP contribution < -0.4 is 24.8 Å². The second-order valence-corrected chi connectivity index (χ2v) is 6.85. The Kier molecular flexibility index (Phi) is 6.94. The van der Waals surface area contributed by atoms with Crippen molar-refractivity contribution in [3.63, 3.8) is 0 Å². The maximum absolute atomic E-state index is 12.2. The van der Waals surface area contributed by atoms with Gasteiger partial charge in [-0.15, -0.1) is 0 Å². The number of carbonyl (C=O) groups excluding carboxylic acids is 2. The Morgan fingerprint density at radius 3 is 2.52 bits per heavy atom. The van der Waals surface area contributed by atoms with E-state index in [-0.39, 0.29) is 18.6 Å².